The molecule has 19 heavy (non-hydrogen) atoms. The smallest absolute Gasteiger partial charge is 0.169 e. The van der Waals surface area contributed by atoms with Crippen molar-refractivity contribution in [2.75, 3.05) is 18.0 Å². The summed E-state index contributed by atoms with van der Waals surface area (Å²) in [5.74, 6) is 1.22. The quantitative estimate of drug-likeness (QED) is 0.821. The van der Waals surface area contributed by atoms with Crippen LogP contribution in [0.25, 0.3) is 0 Å². The van der Waals surface area contributed by atoms with Gasteiger partial charge in [-0.05, 0) is 18.1 Å². The number of benzene rings is 1. The van der Waals surface area contributed by atoms with Gasteiger partial charge in [-0.2, -0.15) is 10.4 Å². The van der Waals surface area contributed by atoms with Crippen LogP contribution >= 0.6 is 0 Å². The molecule has 94 valence electrons. The third-order valence-electron chi connectivity index (χ3n) is 3.58. The average molecular weight is 250 g/mol. The molecule has 1 aliphatic rings. The van der Waals surface area contributed by atoms with E-state index in [1.807, 2.05) is 6.07 Å². The normalized spacial score (nSPS) is 18.3. The van der Waals surface area contributed by atoms with Gasteiger partial charge in [0.25, 0.3) is 0 Å². The first-order valence-corrected chi connectivity index (χ1v) is 6.40. The second kappa shape index (κ2) is 5.07. The fourth-order valence-electron chi connectivity index (χ4n) is 2.60. The van der Waals surface area contributed by atoms with Crippen molar-refractivity contribution in [1.82, 2.24) is 10.2 Å². The topological polar surface area (TPSA) is 52.8 Å². The molecule has 3 rings (SSSR count). The second-order valence-electron chi connectivity index (χ2n) is 4.72. The van der Waals surface area contributed by atoms with Gasteiger partial charge < -0.3 is 4.90 Å². The summed E-state index contributed by atoms with van der Waals surface area (Å²) in [6.07, 6.45) is 2.65. The van der Waals surface area contributed by atoms with Gasteiger partial charge in [0, 0.05) is 19.0 Å². The Morgan fingerprint density at radius 1 is 1.21 bits per heavy atom. The molecule has 1 aromatic heterocycles. The molecule has 1 saturated heterocycles. The number of rotatable bonds is 2. The molecule has 0 saturated carbocycles. The van der Waals surface area contributed by atoms with Crippen molar-refractivity contribution in [3.63, 3.8) is 0 Å². The third-order valence-corrected chi connectivity index (χ3v) is 3.58. The van der Waals surface area contributed by atoms with E-state index in [9.17, 15) is 0 Å². The van der Waals surface area contributed by atoms with Crippen LogP contribution in [-0.4, -0.2) is 23.3 Å². The van der Waals surface area contributed by atoms with Gasteiger partial charge in [-0.3, -0.25) is 0 Å². The van der Waals surface area contributed by atoms with Gasteiger partial charge in [0.15, 0.2) is 5.82 Å². The third kappa shape index (κ3) is 2.27. The van der Waals surface area contributed by atoms with Crippen LogP contribution in [0.2, 0.25) is 0 Å². The monoisotopic (exact) mass is 250 g/mol. The van der Waals surface area contributed by atoms with E-state index in [-0.39, 0.29) is 0 Å². The lowest BCUT2D eigenvalue weighted by atomic mass is 9.99. The van der Waals surface area contributed by atoms with Crippen LogP contribution in [0.3, 0.4) is 0 Å². The van der Waals surface area contributed by atoms with Crippen molar-refractivity contribution >= 4 is 5.82 Å². The highest BCUT2D eigenvalue weighted by Gasteiger charge is 2.26. The predicted octanol–water partition coefficient (Wildman–Crippen LogP) is 2.34. The highest BCUT2D eigenvalue weighted by atomic mass is 15.3. The van der Waals surface area contributed by atoms with Crippen LogP contribution < -0.4 is 4.90 Å². The number of anilines is 1. The number of hydrogen-bond donors (Lipinski definition) is 0. The molecule has 1 fully saturated rings. The Bertz CT molecular complexity index is 603. The van der Waals surface area contributed by atoms with Gasteiger partial charge in [0.05, 0.1) is 11.8 Å². The van der Waals surface area contributed by atoms with E-state index in [1.54, 1.807) is 12.3 Å². The molecule has 0 spiro atoms. The van der Waals surface area contributed by atoms with Crippen molar-refractivity contribution in [3.8, 4) is 6.07 Å². The minimum absolute atomic E-state index is 0.509. The minimum Gasteiger partial charge on any atom is -0.353 e. The van der Waals surface area contributed by atoms with Crippen LogP contribution in [0.15, 0.2) is 42.6 Å². The zero-order valence-electron chi connectivity index (χ0n) is 10.5. The van der Waals surface area contributed by atoms with Crippen LogP contribution in [0.1, 0.15) is 23.5 Å². The highest BCUT2D eigenvalue weighted by Crippen LogP contribution is 2.30. The molecule has 0 radical (unpaired) electrons. The van der Waals surface area contributed by atoms with Crippen molar-refractivity contribution in [3.05, 3.63) is 53.7 Å². The summed E-state index contributed by atoms with van der Waals surface area (Å²) in [4.78, 5) is 2.16. The van der Waals surface area contributed by atoms with Gasteiger partial charge in [-0.25, -0.2) is 0 Å². The van der Waals surface area contributed by atoms with E-state index in [2.05, 4.69) is 45.4 Å². The lowest BCUT2D eigenvalue weighted by Gasteiger charge is -2.17. The van der Waals surface area contributed by atoms with E-state index in [4.69, 9.17) is 5.26 Å². The molecule has 1 unspecified atom stereocenters. The van der Waals surface area contributed by atoms with Crippen molar-refractivity contribution in [1.29, 1.82) is 5.26 Å². The Morgan fingerprint density at radius 3 is 2.84 bits per heavy atom. The van der Waals surface area contributed by atoms with E-state index in [0.29, 0.717) is 17.3 Å². The summed E-state index contributed by atoms with van der Waals surface area (Å²) < 4.78 is 0. The fourth-order valence-corrected chi connectivity index (χ4v) is 2.60. The highest BCUT2D eigenvalue weighted by molar-refractivity contribution is 5.53. The molecular formula is C15H14N4. The predicted molar refractivity (Wildman–Crippen MR) is 72.8 cm³/mol. The zero-order valence-corrected chi connectivity index (χ0v) is 10.5. The standard InChI is InChI=1S/C15H14N4/c16-10-13-6-8-17-18-15(13)19-9-7-14(11-19)12-4-2-1-3-5-12/h1-6,8,14H,7,9,11H2. The summed E-state index contributed by atoms with van der Waals surface area (Å²) in [6, 6.07) is 14.4. The Kier molecular flexibility index (Phi) is 3.11. The molecule has 1 aromatic carbocycles. The molecule has 4 nitrogen and oxygen atoms in total. The molecule has 4 heteroatoms. The van der Waals surface area contributed by atoms with Crippen LogP contribution in [-0.2, 0) is 0 Å². The fraction of sp³-hybridized carbons (Fsp3) is 0.267. The summed E-state index contributed by atoms with van der Waals surface area (Å²) in [7, 11) is 0. The molecule has 0 bridgehead atoms. The maximum absolute atomic E-state index is 9.12. The molecule has 2 aromatic rings. The first-order valence-electron chi connectivity index (χ1n) is 6.40. The Hall–Kier alpha value is -2.41. The zero-order chi connectivity index (χ0) is 13.1. The lowest BCUT2D eigenvalue weighted by molar-refractivity contribution is 0.773. The van der Waals surface area contributed by atoms with E-state index >= 15 is 0 Å². The second-order valence-corrected chi connectivity index (χ2v) is 4.72. The number of nitriles is 1. The molecule has 0 aliphatic carbocycles. The van der Waals surface area contributed by atoms with Crippen LogP contribution in [0, 0.1) is 11.3 Å². The molecule has 0 N–H and O–H groups in total. The summed E-state index contributed by atoms with van der Waals surface area (Å²) in [5, 5.41) is 17.1. The van der Waals surface area contributed by atoms with E-state index in [0.717, 1.165) is 19.5 Å². The first kappa shape index (κ1) is 11.7. The van der Waals surface area contributed by atoms with Gasteiger partial charge in [0.1, 0.15) is 6.07 Å². The van der Waals surface area contributed by atoms with Gasteiger partial charge >= 0.3 is 0 Å². The lowest BCUT2D eigenvalue weighted by Crippen LogP contribution is -2.21. The molecule has 1 atom stereocenters. The van der Waals surface area contributed by atoms with Gasteiger partial charge in [0.2, 0.25) is 0 Å². The molecular weight excluding hydrogens is 236 g/mol. The maximum Gasteiger partial charge on any atom is 0.169 e. The Labute approximate surface area is 112 Å². The van der Waals surface area contributed by atoms with Crippen molar-refractivity contribution < 1.29 is 0 Å². The van der Waals surface area contributed by atoms with E-state index < -0.39 is 0 Å². The van der Waals surface area contributed by atoms with Crippen molar-refractivity contribution in [2.24, 2.45) is 0 Å². The molecule has 0 amide bonds. The summed E-state index contributed by atoms with van der Waals surface area (Å²) >= 11 is 0. The van der Waals surface area contributed by atoms with Crippen LogP contribution in [0.4, 0.5) is 5.82 Å². The van der Waals surface area contributed by atoms with Crippen LogP contribution in [0.5, 0.6) is 0 Å². The van der Waals surface area contributed by atoms with Gasteiger partial charge in [-0.15, -0.1) is 5.10 Å². The Balaban J connectivity index is 1.81. The number of hydrogen-bond acceptors (Lipinski definition) is 4. The SMILES string of the molecule is N#Cc1ccnnc1N1CCC(c2ccccc2)C1. The Morgan fingerprint density at radius 2 is 2.05 bits per heavy atom. The first-order chi connectivity index (χ1) is 9.38. The number of aromatic nitrogens is 2. The molecule has 2 heterocycles. The largest absolute Gasteiger partial charge is 0.353 e. The van der Waals surface area contributed by atoms with E-state index in [1.165, 1.54) is 5.56 Å². The summed E-state index contributed by atoms with van der Waals surface area (Å²) in [6.45, 7) is 1.82. The number of nitrogens with zero attached hydrogens (tertiary/aromatic N) is 4. The van der Waals surface area contributed by atoms with Crippen molar-refractivity contribution in [2.45, 2.75) is 12.3 Å². The summed E-state index contributed by atoms with van der Waals surface area (Å²) in [5.41, 5.74) is 1.95. The molecule has 1 aliphatic heterocycles. The minimum atomic E-state index is 0.509. The average Bonchev–Trinajstić information content (AvgIpc) is 2.98. The maximum atomic E-state index is 9.12. The van der Waals surface area contributed by atoms with Gasteiger partial charge in [-0.1, -0.05) is 30.3 Å².